The summed E-state index contributed by atoms with van der Waals surface area (Å²) in [5.74, 6) is 0.767. The van der Waals surface area contributed by atoms with Gasteiger partial charge in [-0.15, -0.1) is 0 Å². The number of amides is 1. The normalized spacial score (nSPS) is 12.1. The molecule has 3 N–H and O–H groups in total. The molecule has 0 aliphatic carbocycles. The third-order valence-electron chi connectivity index (χ3n) is 3.00. The van der Waals surface area contributed by atoms with Crippen molar-refractivity contribution < 1.29 is 9.21 Å². The molecule has 4 heteroatoms. The van der Waals surface area contributed by atoms with Gasteiger partial charge in [0.25, 0.3) is 5.91 Å². The average Bonchev–Trinajstić information content (AvgIpc) is 2.85. The Morgan fingerprint density at radius 3 is 2.84 bits per heavy atom. The number of hydrogen-bond donors (Lipinski definition) is 2. The van der Waals surface area contributed by atoms with Crippen LogP contribution < -0.4 is 11.1 Å². The van der Waals surface area contributed by atoms with E-state index in [1.165, 1.54) is 0 Å². The lowest BCUT2D eigenvalue weighted by Crippen LogP contribution is -2.34. The summed E-state index contributed by atoms with van der Waals surface area (Å²) in [5.41, 5.74) is 7.96. The highest BCUT2D eigenvalue weighted by atomic mass is 16.3. The molecule has 1 aromatic carbocycles. The second-order valence-corrected chi connectivity index (χ2v) is 4.73. The second-order valence-electron chi connectivity index (χ2n) is 4.73. The van der Waals surface area contributed by atoms with Crippen molar-refractivity contribution in [2.45, 2.75) is 26.3 Å². The number of nitrogens with one attached hydrogen (secondary N) is 1. The van der Waals surface area contributed by atoms with E-state index in [-0.39, 0.29) is 11.9 Å². The molecule has 1 atom stereocenters. The van der Waals surface area contributed by atoms with Crippen LogP contribution >= 0.6 is 0 Å². The summed E-state index contributed by atoms with van der Waals surface area (Å²) in [7, 11) is 0. The standard InChI is InChI=1S/C15H18N2O2/c1-10-8-12(5-6-14(10)16)15(18)17-11(2)9-13-4-3-7-19-13/h3-8,11H,9,16H2,1-2H3,(H,17,18). The first-order chi connectivity index (χ1) is 9.06. The number of anilines is 1. The zero-order valence-corrected chi connectivity index (χ0v) is 11.1. The fourth-order valence-electron chi connectivity index (χ4n) is 1.91. The maximum absolute atomic E-state index is 12.1. The number of hydrogen-bond acceptors (Lipinski definition) is 3. The molecule has 100 valence electrons. The number of benzene rings is 1. The van der Waals surface area contributed by atoms with E-state index in [0.29, 0.717) is 17.7 Å². The van der Waals surface area contributed by atoms with Crippen LogP contribution in [0.4, 0.5) is 5.69 Å². The van der Waals surface area contributed by atoms with E-state index in [1.54, 1.807) is 24.5 Å². The number of carbonyl (C=O) groups excluding carboxylic acids is 1. The van der Waals surface area contributed by atoms with Crippen molar-refractivity contribution in [2.75, 3.05) is 5.73 Å². The minimum absolute atomic E-state index is 0.0107. The molecular weight excluding hydrogens is 240 g/mol. The molecule has 1 heterocycles. The Bertz CT molecular complexity index is 562. The van der Waals surface area contributed by atoms with Gasteiger partial charge in [0.15, 0.2) is 0 Å². The smallest absolute Gasteiger partial charge is 0.251 e. The van der Waals surface area contributed by atoms with Crippen LogP contribution in [-0.2, 0) is 6.42 Å². The van der Waals surface area contributed by atoms with Gasteiger partial charge in [0.2, 0.25) is 0 Å². The molecule has 0 aliphatic heterocycles. The van der Waals surface area contributed by atoms with Gasteiger partial charge in [0.05, 0.1) is 6.26 Å². The summed E-state index contributed by atoms with van der Waals surface area (Å²) >= 11 is 0. The minimum Gasteiger partial charge on any atom is -0.469 e. The highest BCUT2D eigenvalue weighted by molar-refractivity contribution is 5.95. The molecule has 0 bridgehead atoms. The molecular formula is C15H18N2O2. The average molecular weight is 258 g/mol. The quantitative estimate of drug-likeness (QED) is 0.828. The summed E-state index contributed by atoms with van der Waals surface area (Å²) in [4.78, 5) is 12.1. The van der Waals surface area contributed by atoms with E-state index >= 15 is 0 Å². The zero-order chi connectivity index (χ0) is 13.8. The van der Waals surface area contributed by atoms with Crippen LogP contribution in [-0.4, -0.2) is 11.9 Å². The lowest BCUT2D eigenvalue weighted by molar-refractivity contribution is 0.0939. The van der Waals surface area contributed by atoms with Gasteiger partial charge < -0.3 is 15.5 Å². The largest absolute Gasteiger partial charge is 0.469 e. The van der Waals surface area contributed by atoms with Crippen LogP contribution in [0.2, 0.25) is 0 Å². The summed E-state index contributed by atoms with van der Waals surface area (Å²) in [5, 5.41) is 2.94. The lowest BCUT2D eigenvalue weighted by Gasteiger charge is -2.13. The Balaban J connectivity index is 1.98. The number of nitrogen functional groups attached to an aromatic ring is 1. The molecule has 19 heavy (non-hydrogen) atoms. The predicted molar refractivity (Wildman–Crippen MR) is 74.9 cm³/mol. The van der Waals surface area contributed by atoms with Gasteiger partial charge in [-0.3, -0.25) is 4.79 Å². The van der Waals surface area contributed by atoms with E-state index in [1.807, 2.05) is 26.0 Å². The molecule has 0 spiro atoms. The van der Waals surface area contributed by atoms with Crippen LogP contribution in [0, 0.1) is 6.92 Å². The lowest BCUT2D eigenvalue weighted by atomic mass is 10.1. The molecule has 2 rings (SSSR count). The molecule has 1 amide bonds. The molecule has 0 radical (unpaired) electrons. The predicted octanol–water partition coefficient (Wildman–Crippen LogP) is 2.53. The van der Waals surface area contributed by atoms with E-state index in [4.69, 9.17) is 10.2 Å². The molecule has 2 aromatic rings. The van der Waals surface area contributed by atoms with Crippen molar-refractivity contribution in [2.24, 2.45) is 0 Å². The van der Waals surface area contributed by atoms with Crippen LogP contribution in [0.15, 0.2) is 41.0 Å². The summed E-state index contributed by atoms with van der Waals surface area (Å²) in [6, 6.07) is 9.03. The molecule has 1 aromatic heterocycles. The summed E-state index contributed by atoms with van der Waals surface area (Å²) in [6.07, 6.45) is 2.31. The Morgan fingerprint density at radius 1 is 1.42 bits per heavy atom. The van der Waals surface area contributed by atoms with Crippen LogP contribution in [0.3, 0.4) is 0 Å². The van der Waals surface area contributed by atoms with Crippen molar-refractivity contribution in [3.63, 3.8) is 0 Å². The number of rotatable bonds is 4. The Hall–Kier alpha value is -2.23. The Morgan fingerprint density at radius 2 is 2.21 bits per heavy atom. The van der Waals surface area contributed by atoms with E-state index in [9.17, 15) is 4.79 Å². The van der Waals surface area contributed by atoms with Gasteiger partial charge >= 0.3 is 0 Å². The fraction of sp³-hybridized carbons (Fsp3) is 0.267. The van der Waals surface area contributed by atoms with Crippen molar-refractivity contribution in [3.05, 3.63) is 53.5 Å². The minimum atomic E-state index is -0.0952. The molecule has 0 saturated heterocycles. The van der Waals surface area contributed by atoms with E-state index < -0.39 is 0 Å². The maximum atomic E-state index is 12.1. The van der Waals surface area contributed by atoms with E-state index in [0.717, 1.165) is 11.3 Å². The van der Waals surface area contributed by atoms with Crippen molar-refractivity contribution in [1.82, 2.24) is 5.32 Å². The van der Waals surface area contributed by atoms with Crippen LogP contribution in [0.25, 0.3) is 0 Å². The van der Waals surface area contributed by atoms with Gasteiger partial charge in [-0.25, -0.2) is 0 Å². The van der Waals surface area contributed by atoms with Gasteiger partial charge in [-0.05, 0) is 49.7 Å². The molecule has 1 unspecified atom stereocenters. The Kier molecular flexibility index (Phi) is 3.90. The molecule has 4 nitrogen and oxygen atoms in total. The van der Waals surface area contributed by atoms with Gasteiger partial charge in [0.1, 0.15) is 5.76 Å². The highest BCUT2D eigenvalue weighted by Gasteiger charge is 2.12. The van der Waals surface area contributed by atoms with Crippen LogP contribution in [0.1, 0.15) is 28.6 Å². The molecule has 0 aliphatic rings. The molecule has 0 fully saturated rings. The molecule has 0 saturated carbocycles. The summed E-state index contributed by atoms with van der Waals surface area (Å²) < 4.78 is 5.26. The number of furan rings is 1. The Labute approximate surface area is 112 Å². The zero-order valence-electron chi connectivity index (χ0n) is 11.1. The first kappa shape index (κ1) is 13.2. The first-order valence-corrected chi connectivity index (χ1v) is 6.25. The third kappa shape index (κ3) is 3.37. The van der Waals surface area contributed by atoms with E-state index in [2.05, 4.69) is 5.32 Å². The second kappa shape index (κ2) is 5.61. The van der Waals surface area contributed by atoms with Crippen molar-refractivity contribution in [1.29, 1.82) is 0 Å². The van der Waals surface area contributed by atoms with Gasteiger partial charge in [-0.1, -0.05) is 0 Å². The maximum Gasteiger partial charge on any atom is 0.251 e. The number of aryl methyl sites for hydroxylation is 1. The third-order valence-corrected chi connectivity index (χ3v) is 3.00. The van der Waals surface area contributed by atoms with Crippen molar-refractivity contribution >= 4 is 11.6 Å². The topological polar surface area (TPSA) is 68.3 Å². The number of carbonyl (C=O) groups is 1. The SMILES string of the molecule is Cc1cc(C(=O)NC(C)Cc2ccco2)ccc1N. The fourth-order valence-corrected chi connectivity index (χ4v) is 1.91. The van der Waals surface area contributed by atoms with Gasteiger partial charge in [0, 0.05) is 23.7 Å². The van der Waals surface area contributed by atoms with Crippen molar-refractivity contribution in [3.8, 4) is 0 Å². The highest BCUT2D eigenvalue weighted by Crippen LogP contribution is 2.13. The summed E-state index contributed by atoms with van der Waals surface area (Å²) in [6.45, 7) is 3.84. The first-order valence-electron chi connectivity index (χ1n) is 6.25. The van der Waals surface area contributed by atoms with Crippen LogP contribution in [0.5, 0.6) is 0 Å². The monoisotopic (exact) mass is 258 g/mol. The number of nitrogens with two attached hydrogens (primary N) is 1. The van der Waals surface area contributed by atoms with Gasteiger partial charge in [-0.2, -0.15) is 0 Å².